The molecule has 2 aromatic heterocycles. The number of fused-ring (bicyclic) bond motifs is 4. The fourth-order valence-corrected chi connectivity index (χ4v) is 8.90. The molecule has 4 saturated heterocycles. The van der Waals surface area contributed by atoms with Crippen molar-refractivity contribution in [2.45, 2.75) is 43.2 Å². The average Bonchev–Trinajstić information content (AvgIpc) is 3.55. The highest BCUT2D eigenvalue weighted by Gasteiger charge is 2.52. The third-order valence-corrected chi connectivity index (χ3v) is 11.2. The number of morpholine rings is 2. The number of ether oxygens (including phenoxy) is 3. The maximum atomic E-state index is 10.5. The Labute approximate surface area is 255 Å². The maximum Gasteiger partial charge on any atom is 0.320 e. The number of nitrogens with one attached hydrogen (secondary N) is 1. The quantitative estimate of drug-likeness (QED) is 0.469. The van der Waals surface area contributed by atoms with Crippen LogP contribution < -0.4 is 25.6 Å². The van der Waals surface area contributed by atoms with Gasteiger partial charge in [0.25, 0.3) is 0 Å². The van der Waals surface area contributed by atoms with Crippen LogP contribution in [0.4, 0.5) is 16.6 Å². The topological polar surface area (TPSA) is 149 Å². The second-order valence-electron chi connectivity index (χ2n) is 13.2. The number of aryl methyl sites for hydroxylation is 1. The number of thiophene rings is 1. The molecule has 2 bridgehead atoms. The summed E-state index contributed by atoms with van der Waals surface area (Å²) in [6.45, 7) is 9.11. The van der Waals surface area contributed by atoms with E-state index in [-0.39, 0.29) is 22.9 Å². The molecule has 8 rings (SSSR count). The van der Waals surface area contributed by atoms with Crippen molar-refractivity contribution >= 4 is 28.0 Å². The molecular weight excluding hydrogens is 566 g/mol. The van der Waals surface area contributed by atoms with E-state index in [1.807, 2.05) is 0 Å². The molecular formula is C30H37N9O3S. The molecule has 0 amide bonds. The van der Waals surface area contributed by atoms with Crippen LogP contribution in [-0.4, -0.2) is 106 Å². The largest absolute Gasteiger partial charge is 0.463 e. The van der Waals surface area contributed by atoms with Crippen molar-refractivity contribution in [1.29, 1.82) is 10.5 Å². The van der Waals surface area contributed by atoms with Crippen molar-refractivity contribution in [3.05, 3.63) is 21.6 Å². The van der Waals surface area contributed by atoms with Crippen LogP contribution in [0.15, 0.2) is 0 Å². The minimum absolute atomic E-state index is 0.117. The van der Waals surface area contributed by atoms with Crippen molar-refractivity contribution in [2.75, 3.05) is 94.4 Å². The van der Waals surface area contributed by atoms with Gasteiger partial charge < -0.3 is 35.1 Å². The van der Waals surface area contributed by atoms with E-state index in [4.69, 9.17) is 29.9 Å². The predicted octanol–water partition coefficient (Wildman–Crippen LogP) is 1.24. The van der Waals surface area contributed by atoms with Crippen molar-refractivity contribution in [3.8, 4) is 18.1 Å². The Bertz CT molecular complexity index is 1490. The zero-order chi connectivity index (χ0) is 29.2. The first-order chi connectivity index (χ1) is 21.0. The molecule has 0 unspecified atom stereocenters. The van der Waals surface area contributed by atoms with Crippen LogP contribution in [0, 0.1) is 28.1 Å². The Morgan fingerprint density at radius 2 is 1.67 bits per heavy atom. The van der Waals surface area contributed by atoms with Crippen LogP contribution in [0.1, 0.15) is 40.8 Å². The summed E-state index contributed by atoms with van der Waals surface area (Å²) in [5.74, 6) is 1.27. The molecule has 0 radical (unpaired) electrons. The first-order valence-corrected chi connectivity index (χ1v) is 16.2. The molecule has 43 heavy (non-hydrogen) atoms. The molecule has 1 saturated carbocycles. The van der Waals surface area contributed by atoms with Gasteiger partial charge >= 0.3 is 6.01 Å². The smallest absolute Gasteiger partial charge is 0.320 e. The summed E-state index contributed by atoms with van der Waals surface area (Å²) in [5.41, 5.74) is 8.44. The summed E-state index contributed by atoms with van der Waals surface area (Å²) in [6, 6.07) is 5.52. The SMILES string of the molecule is N#Cc1c(N2C[C@H]3COC[C@@H](C2)N3)nc(OCC2(CN3CCOCC3)CC2)nc1N1CC2(CCc3sc(N)c(C#N)c32)C1. The van der Waals surface area contributed by atoms with E-state index < -0.39 is 0 Å². The summed E-state index contributed by atoms with van der Waals surface area (Å²) < 4.78 is 17.7. The molecule has 5 fully saturated rings. The van der Waals surface area contributed by atoms with Gasteiger partial charge in [-0.1, -0.05) is 0 Å². The summed E-state index contributed by atoms with van der Waals surface area (Å²) in [4.78, 5) is 17.9. The lowest BCUT2D eigenvalue weighted by Gasteiger charge is -2.50. The van der Waals surface area contributed by atoms with Crippen molar-refractivity contribution in [2.24, 2.45) is 5.41 Å². The number of piperazine rings is 1. The normalized spacial score (nSPS) is 26.8. The monoisotopic (exact) mass is 603 g/mol. The van der Waals surface area contributed by atoms with Crippen LogP contribution >= 0.6 is 11.3 Å². The predicted molar refractivity (Wildman–Crippen MR) is 161 cm³/mol. The van der Waals surface area contributed by atoms with Gasteiger partial charge in [0.2, 0.25) is 0 Å². The van der Waals surface area contributed by atoms with Crippen LogP contribution in [0.3, 0.4) is 0 Å². The number of nitrogen functional groups attached to an aromatic ring is 1. The number of nitrogens with two attached hydrogens (primary N) is 1. The molecule has 2 aromatic rings. The summed E-state index contributed by atoms with van der Waals surface area (Å²) in [6.07, 6.45) is 4.17. The van der Waals surface area contributed by atoms with Gasteiger partial charge in [0, 0.05) is 73.6 Å². The van der Waals surface area contributed by atoms with Gasteiger partial charge in [-0.05, 0) is 31.2 Å². The first kappa shape index (κ1) is 27.4. The number of hydrogen-bond donors (Lipinski definition) is 2. The number of rotatable bonds is 7. The number of nitrogens with zero attached hydrogens (tertiary/aromatic N) is 7. The highest BCUT2D eigenvalue weighted by atomic mass is 32.1. The van der Waals surface area contributed by atoms with Crippen LogP contribution in [0.25, 0.3) is 0 Å². The Morgan fingerprint density at radius 3 is 2.35 bits per heavy atom. The Hall–Kier alpha value is -3.20. The number of nitriles is 2. The minimum atomic E-state index is -0.132. The highest BCUT2D eigenvalue weighted by molar-refractivity contribution is 7.16. The van der Waals surface area contributed by atoms with Crippen molar-refractivity contribution in [1.82, 2.24) is 20.2 Å². The molecule has 13 heteroatoms. The van der Waals surface area contributed by atoms with Crippen molar-refractivity contribution in [3.63, 3.8) is 0 Å². The molecule has 6 heterocycles. The van der Waals surface area contributed by atoms with Crippen LogP contribution in [0.2, 0.25) is 0 Å². The average molecular weight is 604 g/mol. The molecule has 4 aliphatic heterocycles. The number of hydrogen-bond acceptors (Lipinski definition) is 13. The second-order valence-corrected chi connectivity index (χ2v) is 14.3. The molecule has 2 aliphatic carbocycles. The maximum absolute atomic E-state index is 10.5. The lowest BCUT2D eigenvalue weighted by Crippen LogP contribution is -2.63. The lowest BCUT2D eigenvalue weighted by atomic mass is 9.74. The van der Waals surface area contributed by atoms with E-state index in [1.54, 1.807) is 11.3 Å². The van der Waals surface area contributed by atoms with E-state index in [0.717, 1.165) is 64.1 Å². The zero-order valence-corrected chi connectivity index (χ0v) is 25.1. The summed E-state index contributed by atoms with van der Waals surface area (Å²) in [5, 5.41) is 24.6. The van der Waals surface area contributed by atoms with Crippen LogP contribution in [-0.2, 0) is 21.3 Å². The van der Waals surface area contributed by atoms with Gasteiger partial charge in [0.15, 0.2) is 11.6 Å². The van der Waals surface area contributed by atoms with E-state index in [9.17, 15) is 10.5 Å². The first-order valence-electron chi connectivity index (χ1n) is 15.4. The minimum Gasteiger partial charge on any atom is -0.463 e. The van der Waals surface area contributed by atoms with Gasteiger partial charge in [0.1, 0.15) is 22.7 Å². The Morgan fingerprint density at radius 1 is 0.977 bits per heavy atom. The molecule has 3 N–H and O–H groups in total. The molecule has 1 spiro atoms. The molecule has 0 aromatic carbocycles. The lowest BCUT2D eigenvalue weighted by molar-refractivity contribution is 0.0231. The molecule has 2 atom stereocenters. The third kappa shape index (κ3) is 4.78. The summed E-state index contributed by atoms with van der Waals surface area (Å²) in [7, 11) is 0. The highest BCUT2D eigenvalue weighted by Crippen LogP contribution is 2.53. The van der Waals surface area contributed by atoms with Gasteiger partial charge in [-0.25, -0.2) is 0 Å². The van der Waals surface area contributed by atoms with Crippen molar-refractivity contribution < 1.29 is 14.2 Å². The second kappa shape index (κ2) is 10.5. The van der Waals surface area contributed by atoms with Gasteiger partial charge in [-0.2, -0.15) is 20.5 Å². The molecule has 6 aliphatic rings. The van der Waals surface area contributed by atoms with E-state index >= 15 is 0 Å². The van der Waals surface area contributed by atoms with E-state index in [1.165, 1.54) is 4.88 Å². The van der Waals surface area contributed by atoms with Gasteiger partial charge in [-0.3, -0.25) is 4.90 Å². The number of anilines is 3. The van der Waals surface area contributed by atoms with E-state index in [0.29, 0.717) is 79.8 Å². The van der Waals surface area contributed by atoms with Gasteiger partial charge in [-0.15, -0.1) is 11.3 Å². The molecule has 12 nitrogen and oxygen atoms in total. The van der Waals surface area contributed by atoms with E-state index in [2.05, 4.69) is 32.2 Å². The van der Waals surface area contributed by atoms with Gasteiger partial charge in [0.05, 0.1) is 38.6 Å². The van der Waals surface area contributed by atoms with Crippen LogP contribution in [0.5, 0.6) is 6.01 Å². The fraction of sp³-hybridized carbons (Fsp3) is 0.667. The fourth-order valence-electron chi connectivity index (χ4n) is 7.76. The molecule has 226 valence electrons. The summed E-state index contributed by atoms with van der Waals surface area (Å²) >= 11 is 1.55. The Balaban J connectivity index is 1.09. The zero-order valence-electron chi connectivity index (χ0n) is 24.3. The third-order valence-electron chi connectivity index (χ3n) is 10.1. The standard InChI is InChI=1S/C30H37N9O3S/c31-9-21-24-23(43-25(21)33)1-2-30(24)16-39(17-30)27-22(10-32)26(38-11-19-13-41-14-20(12-38)34-19)35-28(36-27)42-18-29(3-4-29)15-37-5-7-40-8-6-37/h19-20,34H,1-8,11-18,33H2/t19-,20+. The Kier molecular flexibility index (Phi) is 6.65. The number of aromatic nitrogens is 2.